The summed E-state index contributed by atoms with van der Waals surface area (Å²) in [5, 5.41) is 4.98. The van der Waals surface area contributed by atoms with Gasteiger partial charge in [0.25, 0.3) is 0 Å². The van der Waals surface area contributed by atoms with Crippen LogP contribution in [0, 0.1) is 5.92 Å². The SMILES string of the molecule is CCOCC(=O)NC1=CC=CC2N=C(C)N(C3CCC(=O)NC3=O)C(=O)C12. The van der Waals surface area contributed by atoms with Crippen molar-refractivity contribution in [1.29, 1.82) is 0 Å². The summed E-state index contributed by atoms with van der Waals surface area (Å²) < 4.78 is 5.09. The molecule has 2 heterocycles. The predicted molar refractivity (Wildman–Crippen MR) is 95.3 cm³/mol. The van der Waals surface area contributed by atoms with Gasteiger partial charge in [-0.25, -0.2) is 0 Å². The number of fused-ring (bicyclic) bond motifs is 1. The fourth-order valence-corrected chi connectivity index (χ4v) is 3.47. The Labute approximate surface area is 156 Å². The number of rotatable bonds is 5. The third-order valence-corrected chi connectivity index (χ3v) is 4.69. The molecule has 0 saturated carbocycles. The smallest absolute Gasteiger partial charge is 0.250 e. The van der Waals surface area contributed by atoms with E-state index in [1.165, 1.54) is 4.90 Å². The van der Waals surface area contributed by atoms with Gasteiger partial charge >= 0.3 is 0 Å². The summed E-state index contributed by atoms with van der Waals surface area (Å²) in [6.07, 6.45) is 5.58. The number of piperidine rings is 1. The van der Waals surface area contributed by atoms with Gasteiger partial charge in [0.1, 0.15) is 24.4 Å². The Morgan fingerprint density at radius 2 is 2.19 bits per heavy atom. The molecule has 1 saturated heterocycles. The van der Waals surface area contributed by atoms with Crippen molar-refractivity contribution in [2.75, 3.05) is 13.2 Å². The van der Waals surface area contributed by atoms with Crippen LogP contribution in [-0.2, 0) is 23.9 Å². The standard InChI is InChI=1S/C18H22N4O5/c1-3-27-9-15(24)20-12-6-4-5-11-16(12)18(26)22(10(2)19-11)13-7-8-14(23)21-17(13)25/h4-6,11,13,16H,3,7-9H2,1-2H3,(H,20,24)(H,21,23,25). The highest BCUT2D eigenvalue weighted by atomic mass is 16.5. The zero-order chi connectivity index (χ0) is 19.6. The first-order valence-electron chi connectivity index (χ1n) is 8.89. The van der Waals surface area contributed by atoms with Gasteiger partial charge in [-0.05, 0) is 26.3 Å². The minimum absolute atomic E-state index is 0.109. The Morgan fingerprint density at radius 1 is 1.41 bits per heavy atom. The highest BCUT2D eigenvalue weighted by molar-refractivity contribution is 6.09. The topological polar surface area (TPSA) is 117 Å². The predicted octanol–water partition coefficient (Wildman–Crippen LogP) is -0.357. The Balaban J connectivity index is 1.83. The number of amides is 4. The second kappa shape index (κ2) is 7.83. The summed E-state index contributed by atoms with van der Waals surface area (Å²) in [5.74, 6) is -1.85. The van der Waals surface area contributed by atoms with Crippen LogP contribution in [0.4, 0.5) is 0 Å². The van der Waals surface area contributed by atoms with E-state index in [4.69, 9.17) is 4.74 Å². The quantitative estimate of drug-likeness (QED) is 0.638. The summed E-state index contributed by atoms with van der Waals surface area (Å²) in [5.41, 5.74) is 0.422. The summed E-state index contributed by atoms with van der Waals surface area (Å²) >= 11 is 0. The fraction of sp³-hybridized carbons (Fsp3) is 0.500. The third kappa shape index (κ3) is 3.82. The van der Waals surface area contributed by atoms with Crippen molar-refractivity contribution in [3.05, 3.63) is 23.9 Å². The number of nitrogens with zero attached hydrogens (tertiary/aromatic N) is 2. The molecule has 0 bridgehead atoms. The van der Waals surface area contributed by atoms with E-state index in [1.54, 1.807) is 32.1 Å². The molecule has 0 radical (unpaired) electrons. The van der Waals surface area contributed by atoms with Crippen LogP contribution >= 0.6 is 0 Å². The van der Waals surface area contributed by atoms with E-state index in [1.807, 2.05) is 0 Å². The van der Waals surface area contributed by atoms with Crippen LogP contribution in [0.15, 0.2) is 28.9 Å². The van der Waals surface area contributed by atoms with Gasteiger partial charge in [0, 0.05) is 18.7 Å². The van der Waals surface area contributed by atoms with E-state index in [0.29, 0.717) is 18.1 Å². The molecular weight excluding hydrogens is 352 g/mol. The van der Waals surface area contributed by atoms with Crippen molar-refractivity contribution in [3.63, 3.8) is 0 Å². The summed E-state index contributed by atoms with van der Waals surface area (Å²) in [6.45, 7) is 3.75. The van der Waals surface area contributed by atoms with Crippen LogP contribution in [0.3, 0.4) is 0 Å². The van der Waals surface area contributed by atoms with Crippen molar-refractivity contribution >= 4 is 29.5 Å². The van der Waals surface area contributed by atoms with Gasteiger partial charge in [-0.15, -0.1) is 0 Å². The van der Waals surface area contributed by atoms with Crippen molar-refractivity contribution in [2.24, 2.45) is 10.9 Å². The molecule has 9 heteroatoms. The number of carbonyl (C=O) groups excluding carboxylic acids is 4. The van der Waals surface area contributed by atoms with E-state index >= 15 is 0 Å². The Bertz CT molecular complexity index is 770. The lowest BCUT2D eigenvalue weighted by atomic mass is 9.87. The zero-order valence-electron chi connectivity index (χ0n) is 15.2. The van der Waals surface area contributed by atoms with Gasteiger partial charge < -0.3 is 10.1 Å². The molecule has 3 unspecified atom stereocenters. The third-order valence-electron chi connectivity index (χ3n) is 4.69. The van der Waals surface area contributed by atoms with E-state index in [-0.39, 0.29) is 37.2 Å². The zero-order valence-corrected chi connectivity index (χ0v) is 15.2. The normalized spacial score (nSPS) is 27.6. The molecule has 9 nitrogen and oxygen atoms in total. The average molecular weight is 374 g/mol. The Kier molecular flexibility index (Phi) is 5.50. The van der Waals surface area contributed by atoms with Crippen LogP contribution < -0.4 is 10.6 Å². The molecule has 1 aliphatic carbocycles. The number of amidine groups is 1. The maximum Gasteiger partial charge on any atom is 0.250 e. The van der Waals surface area contributed by atoms with E-state index in [9.17, 15) is 19.2 Å². The Hall–Kier alpha value is -2.81. The van der Waals surface area contributed by atoms with Crippen molar-refractivity contribution in [3.8, 4) is 0 Å². The van der Waals surface area contributed by atoms with Crippen LogP contribution in [-0.4, -0.2) is 59.7 Å². The lowest BCUT2D eigenvalue weighted by molar-refractivity contribution is -0.144. The highest BCUT2D eigenvalue weighted by Gasteiger charge is 2.45. The molecule has 144 valence electrons. The van der Waals surface area contributed by atoms with Crippen LogP contribution in [0.1, 0.15) is 26.7 Å². The maximum absolute atomic E-state index is 13.2. The van der Waals surface area contributed by atoms with Crippen molar-refractivity contribution in [1.82, 2.24) is 15.5 Å². The van der Waals surface area contributed by atoms with Gasteiger partial charge in [-0.1, -0.05) is 12.2 Å². The molecule has 0 spiro atoms. The van der Waals surface area contributed by atoms with Crippen molar-refractivity contribution in [2.45, 2.75) is 38.8 Å². The maximum atomic E-state index is 13.2. The molecule has 0 aromatic rings. The highest BCUT2D eigenvalue weighted by Crippen LogP contribution is 2.30. The largest absolute Gasteiger partial charge is 0.372 e. The first kappa shape index (κ1) is 19.0. The lowest BCUT2D eigenvalue weighted by Crippen LogP contribution is -2.60. The van der Waals surface area contributed by atoms with Gasteiger partial charge in [-0.3, -0.25) is 34.4 Å². The number of hydrogen-bond donors (Lipinski definition) is 2. The number of imide groups is 1. The molecule has 3 aliphatic rings. The number of hydrogen-bond acceptors (Lipinski definition) is 6. The number of carbonyl (C=O) groups is 4. The minimum Gasteiger partial charge on any atom is -0.372 e. The van der Waals surface area contributed by atoms with Crippen LogP contribution in [0.25, 0.3) is 0 Å². The summed E-state index contributed by atoms with van der Waals surface area (Å²) in [7, 11) is 0. The summed E-state index contributed by atoms with van der Waals surface area (Å²) in [4.78, 5) is 54.8. The monoisotopic (exact) mass is 374 g/mol. The molecule has 2 N–H and O–H groups in total. The number of ether oxygens (including phenoxy) is 1. The van der Waals surface area contributed by atoms with Crippen LogP contribution in [0.2, 0.25) is 0 Å². The van der Waals surface area contributed by atoms with E-state index in [0.717, 1.165) is 0 Å². The molecule has 0 aromatic heterocycles. The fourth-order valence-electron chi connectivity index (χ4n) is 3.47. The molecule has 27 heavy (non-hydrogen) atoms. The molecule has 4 amide bonds. The number of allylic oxidation sites excluding steroid dienone is 2. The first-order chi connectivity index (χ1) is 12.9. The van der Waals surface area contributed by atoms with Gasteiger partial charge in [0.2, 0.25) is 23.6 Å². The lowest BCUT2D eigenvalue weighted by Gasteiger charge is -2.40. The van der Waals surface area contributed by atoms with Gasteiger partial charge in [-0.2, -0.15) is 0 Å². The summed E-state index contributed by atoms with van der Waals surface area (Å²) in [6, 6.07) is -1.24. The van der Waals surface area contributed by atoms with E-state index < -0.39 is 23.9 Å². The number of aliphatic imine (C=N–C) groups is 1. The van der Waals surface area contributed by atoms with Crippen LogP contribution in [0.5, 0.6) is 0 Å². The number of nitrogens with one attached hydrogen (secondary N) is 2. The first-order valence-corrected chi connectivity index (χ1v) is 8.89. The Morgan fingerprint density at radius 3 is 2.89 bits per heavy atom. The van der Waals surface area contributed by atoms with Crippen molar-refractivity contribution < 1.29 is 23.9 Å². The van der Waals surface area contributed by atoms with Gasteiger partial charge in [0.05, 0.1) is 6.04 Å². The average Bonchev–Trinajstić information content (AvgIpc) is 2.61. The minimum atomic E-state index is -0.786. The molecular formula is C18H22N4O5. The van der Waals surface area contributed by atoms with Gasteiger partial charge in [0.15, 0.2) is 0 Å². The molecule has 2 aliphatic heterocycles. The second-order valence-corrected chi connectivity index (χ2v) is 6.51. The molecule has 0 aromatic carbocycles. The van der Waals surface area contributed by atoms with E-state index in [2.05, 4.69) is 15.6 Å². The second-order valence-electron chi connectivity index (χ2n) is 6.51. The molecule has 3 rings (SSSR count). The molecule has 1 fully saturated rings. The molecule has 3 atom stereocenters.